The van der Waals surface area contributed by atoms with E-state index < -0.39 is 0 Å². The minimum absolute atomic E-state index is 0.668. The summed E-state index contributed by atoms with van der Waals surface area (Å²) in [5, 5.41) is 3.66. The van der Waals surface area contributed by atoms with Crippen molar-refractivity contribution in [1.82, 2.24) is 0 Å². The van der Waals surface area contributed by atoms with Crippen molar-refractivity contribution >= 4 is 21.6 Å². The highest BCUT2D eigenvalue weighted by Gasteiger charge is 2.20. The molecule has 1 saturated carbocycles. The fourth-order valence-corrected chi connectivity index (χ4v) is 3.20. The fourth-order valence-electron chi connectivity index (χ4n) is 2.80. The lowest BCUT2D eigenvalue weighted by atomic mass is 9.83. The zero-order valence-electron chi connectivity index (χ0n) is 10.6. The number of rotatable bonds is 4. The third-order valence-electron chi connectivity index (χ3n) is 3.78. The number of benzene rings is 1. The molecule has 0 aromatic heterocycles. The topological polar surface area (TPSA) is 12.0 Å². The van der Waals surface area contributed by atoms with E-state index in [1.54, 1.807) is 0 Å². The van der Waals surface area contributed by atoms with Gasteiger partial charge in [0.2, 0.25) is 0 Å². The number of nitrogens with one attached hydrogen (secondary N) is 1. The van der Waals surface area contributed by atoms with Crippen molar-refractivity contribution in [3.05, 3.63) is 28.7 Å². The zero-order chi connectivity index (χ0) is 12.1. The van der Waals surface area contributed by atoms with Crippen LogP contribution in [0.25, 0.3) is 0 Å². The third-order valence-corrected chi connectivity index (χ3v) is 4.47. The number of halogens is 1. The Bertz CT molecular complexity index is 343. The molecule has 17 heavy (non-hydrogen) atoms. The molecular formula is C15H22BrN. The van der Waals surface area contributed by atoms with E-state index in [1.807, 2.05) is 0 Å². The fraction of sp³-hybridized carbons (Fsp3) is 0.600. The maximum atomic E-state index is 3.66. The van der Waals surface area contributed by atoms with Gasteiger partial charge in [-0.25, -0.2) is 0 Å². The van der Waals surface area contributed by atoms with E-state index in [2.05, 4.69) is 52.4 Å². The smallest absolute Gasteiger partial charge is 0.0486 e. The Morgan fingerprint density at radius 3 is 2.53 bits per heavy atom. The first-order chi connectivity index (χ1) is 8.29. The molecule has 0 heterocycles. The van der Waals surface area contributed by atoms with Crippen LogP contribution in [0, 0.1) is 5.92 Å². The van der Waals surface area contributed by atoms with Gasteiger partial charge >= 0.3 is 0 Å². The molecule has 0 amide bonds. The Labute approximate surface area is 113 Å². The molecule has 1 fully saturated rings. The number of hydrogen-bond donors (Lipinski definition) is 1. The van der Waals surface area contributed by atoms with Crippen LogP contribution < -0.4 is 5.32 Å². The summed E-state index contributed by atoms with van der Waals surface area (Å²) < 4.78 is 1.18. The van der Waals surface area contributed by atoms with Gasteiger partial charge in [0.15, 0.2) is 0 Å². The molecule has 0 spiro atoms. The van der Waals surface area contributed by atoms with Gasteiger partial charge in [-0.15, -0.1) is 0 Å². The van der Waals surface area contributed by atoms with Crippen molar-refractivity contribution in [3.63, 3.8) is 0 Å². The van der Waals surface area contributed by atoms with Gasteiger partial charge in [-0.3, -0.25) is 0 Å². The number of hydrogen-bond acceptors (Lipinski definition) is 1. The Morgan fingerprint density at radius 1 is 1.18 bits per heavy atom. The predicted octanol–water partition coefficient (Wildman–Crippen LogP) is 5.22. The largest absolute Gasteiger partial charge is 0.381 e. The van der Waals surface area contributed by atoms with Gasteiger partial charge in [-0.1, -0.05) is 31.9 Å². The lowest BCUT2D eigenvalue weighted by molar-refractivity contribution is 0.319. The molecule has 0 saturated heterocycles. The normalized spacial score (nSPS) is 24.6. The quantitative estimate of drug-likeness (QED) is 0.803. The molecular weight excluding hydrogens is 274 g/mol. The summed E-state index contributed by atoms with van der Waals surface area (Å²) in [5.74, 6) is 0.984. The van der Waals surface area contributed by atoms with Gasteiger partial charge in [-0.05, 0) is 59.7 Å². The van der Waals surface area contributed by atoms with Crippen molar-refractivity contribution in [2.75, 3.05) is 5.32 Å². The van der Waals surface area contributed by atoms with Crippen LogP contribution >= 0.6 is 15.9 Å². The summed E-state index contributed by atoms with van der Waals surface area (Å²) >= 11 is 3.60. The van der Waals surface area contributed by atoms with Crippen LogP contribution in [0.5, 0.6) is 0 Å². The summed E-state index contributed by atoms with van der Waals surface area (Å²) in [4.78, 5) is 0. The van der Waals surface area contributed by atoms with Gasteiger partial charge < -0.3 is 5.32 Å². The molecule has 1 aliphatic rings. The highest BCUT2D eigenvalue weighted by molar-refractivity contribution is 9.10. The lowest BCUT2D eigenvalue weighted by Gasteiger charge is -2.29. The molecule has 2 rings (SSSR count). The zero-order valence-corrected chi connectivity index (χ0v) is 12.2. The van der Waals surface area contributed by atoms with Gasteiger partial charge in [0, 0.05) is 16.2 Å². The third kappa shape index (κ3) is 3.74. The number of anilines is 1. The molecule has 1 N–H and O–H groups in total. The first-order valence-electron chi connectivity index (χ1n) is 6.80. The highest BCUT2D eigenvalue weighted by atomic mass is 79.9. The van der Waals surface area contributed by atoms with Crippen molar-refractivity contribution in [1.29, 1.82) is 0 Å². The van der Waals surface area contributed by atoms with E-state index >= 15 is 0 Å². The van der Waals surface area contributed by atoms with E-state index in [4.69, 9.17) is 0 Å². The minimum Gasteiger partial charge on any atom is -0.381 e. The van der Waals surface area contributed by atoms with Crippen LogP contribution in [0.2, 0.25) is 0 Å². The molecule has 0 atom stereocenters. The Morgan fingerprint density at radius 2 is 1.88 bits per heavy atom. The molecule has 0 bridgehead atoms. The Balaban J connectivity index is 1.84. The molecule has 0 radical (unpaired) electrons. The summed E-state index contributed by atoms with van der Waals surface area (Å²) in [6.07, 6.45) is 8.21. The summed E-state index contributed by atoms with van der Waals surface area (Å²) in [5.41, 5.74) is 1.24. The Hall–Kier alpha value is -0.500. The van der Waals surface area contributed by atoms with Crippen molar-refractivity contribution in [2.45, 2.75) is 51.5 Å². The second-order valence-electron chi connectivity index (χ2n) is 5.13. The van der Waals surface area contributed by atoms with Gasteiger partial charge in [0.25, 0.3) is 0 Å². The molecule has 0 aliphatic heterocycles. The van der Waals surface area contributed by atoms with Crippen LogP contribution in [-0.2, 0) is 0 Å². The van der Waals surface area contributed by atoms with Crippen LogP contribution in [-0.4, -0.2) is 6.04 Å². The van der Waals surface area contributed by atoms with Crippen LogP contribution in [0.3, 0.4) is 0 Å². The highest BCUT2D eigenvalue weighted by Crippen LogP contribution is 2.31. The molecule has 1 nitrogen and oxygen atoms in total. The SMILES string of the molecule is CCCC1CCC(Nc2ccccc2Br)CC1. The average molecular weight is 296 g/mol. The van der Waals surface area contributed by atoms with E-state index in [1.165, 1.54) is 48.7 Å². The van der Waals surface area contributed by atoms with Crippen molar-refractivity contribution < 1.29 is 0 Å². The van der Waals surface area contributed by atoms with E-state index in [0.29, 0.717) is 6.04 Å². The molecule has 1 aromatic carbocycles. The van der Waals surface area contributed by atoms with E-state index in [9.17, 15) is 0 Å². The first kappa shape index (κ1) is 12.9. The summed E-state index contributed by atoms with van der Waals surface area (Å²) in [6.45, 7) is 2.30. The molecule has 0 unspecified atom stereocenters. The second kappa shape index (κ2) is 6.44. The van der Waals surface area contributed by atoms with E-state index in [0.717, 1.165) is 5.92 Å². The maximum Gasteiger partial charge on any atom is 0.0486 e. The second-order valence-corrected chi connectivity index (χ2v) is 5.98. The first-order valence-corrected chi connectivity index (χ1v) is 7.60. The molecule has 94 valence electrons. The molecule has 2 heteroatoms. The van der Waals surface area contributed by atoms with Crippen molar-refractivity contribution in [3.8, 4) is 0 Å². The Kier molecular flexibility index (Phi) is 4.90. The average Bonchev–Trinajstić information content (AvgIpc) is 2.35. The molecule has 1 aliphatic carbocycles. The van der Waals surface area contributed by atoms with Gasteiger partial charge in [0.1, 0.15) is 0 Å². The summed E-state index contributed by atoms with van der Waals surface area (Å²) in [6, 6.07) is 9.08. The molecule has 1 aromatic rings. The van der Waals surface area contributed by atoms with Crippen LogP contribution in [0.4, 0.5) is 5.69 Å². The van der Waals surface area contributed by atoms with Gasteiger partial charge in [0.05, 0.1) is 0 Å². The van der Waals surface area contributed by atoms with Crippen LogP contribution in [0.15, 0.2) is 28.7 Å². The van der Waals surface area contributed by atoms with Crippen molar-refractivity contribution in [2.24, 2.45) is 5.92 Å². The lowest BCUT2D eigenvalue weighted by Crippen LogP contribution is -2.26. The predicted molar refractivity (Wildman–Crippen MR) is 78.4 cm³/mol. The maximum absolute atomic E-state index is 3.66. The van der Waals surface area contributed by atoms with Crippen LogP contribution in [0.1, 0.15) is 45.4 Å². The summed E-state index contributed by atoms with van der Waals surface area (Å²) in [7, 11) is 0. The standard InChI is InChI=1S/C15H22BrN/c1-2-5-12-8-10-13(11-9-12)17-15-7-4-3-6-14(15)16/h3-4,6-7,12-13,17H,2,5,8-11H2,1H3. The minimum atomic E-state index is 0.668. The number of para-hydroxylation sites is 1. The van der Waals surface area contributed by atoms with Gasteiger partial charge in [-0.2, -0.15) is 0 Å². The van der Waals surface area contributed by atoms with E-state index in [-0.39, 0.29) is 0 Å². The monoisotopic (exact) mass is 295 g/mol.